The average molecular weight is 466 g/mol. The van der Waals surface area contributed by atoms with E-state index in [2.05, 4.69) is 56.1 Å². The van der Waals surface area contributed by atoms with Crippen molar-refractivity contribution < 1.29 is 8.42 Å². The topological polar surface area (TPSA) is 34.1 Å². The van der Waals surface area contributed by atoms with Crippen molar-refractivity contribution in [2.45, 2.75) is 9.79 Å². The molecule has 120 valence electrons. The molecule has 0 N–H and O–H groups in total. The number of sulfone groups is 1. The van der Waals surface area contributed by atoms with Gasteiger partial charge in [0.1, 0.15) is 0 Å². The summed E-state index contributed by atoms with van der Waals surface area (Å²) in [6.45, 7) is 0. The molecule has 2 rings (SSSR count). The summed E-state index contributed by atoms with van der Waals surface area (Å²) in [6.07, 6.45) is 0. The molecular formula is C16H18Br2O2S2. The zero-order valence-electron chi connectivity index (χ0n) is 12.0. The number of benzene rings is 2. The largest absolute Gasteiger partial charge is 0.224 e. The van der Waals surface area contributed by atoms with Crippen LogP contribution in [0.25, 0.3) is 0 Å². The van der Waals surface area contributed by atoms with Crippen molar-refractivity contribution >= 4 is 53.5 Å². The molecule has 0 aromatic heterocycles. The SMILES string of the molecule is BrCCSc1ccccc1.O=S(=O)(CCBr)c1ccccc1. The van der Waals surface area contributed by atoms with Crippen molar-refractivity contribution in [3.8, 4) is 0 Å². The second-order valence-corrected chi connectivity index (χ2v) is 9.03. The van der Waals surface area contributed by atoms with Gasteiger partial charge in [-0.15, -0.1) is 11.8 Å². The van der Waals surface area contributed by atoms with Gasteiger partial charge in [-0.1, -0.05) is 68.3 Å². The van der Waals surface area contributed by atoms with Crippen molar-refractivity contribution in [1.82, 2.24) is 0 Å². The lowest BCUT2D eigenvalue weighted by atomic mass is 10.4. The Bertz CT molecular complexity index is 617. The molecule has 0 spiro atoms. The highest BCUT2D eigenvalue weighted by Crippen LogP contribution is 2.16. The van der Waals surface area contributed by atoms with Crippen molar-refractivity contribution in [2.75, 3.05) is 22.2 Å². The lowest BCUT2D eigenvalue weighted by Gasteiger charge is -1.99. The van der Waals surface area contributed by atoms with Gasteiger partial charge in [-0.2, -0.15) is 0 Å². The summed E-state index contributed by atoms with van der Waals surface area (Å²) in [7, 11) is -3.06. The van der Waals surface area contributed by atoms with Crippen molar-refractivity contribution in [3.05, 3.63) is 60.7 Å². The predicted octanol–water partition coefficient (Wildman–Crippen LogP) is 5.03. The molecule has 22 heavy (non-hydrogen) atoms. The van der Waals surface area contributed by atoms with E-state index in [4.69, 9.17) is 0 Å². The number of hydrogen-bond donors (Lipinski definition) is 0. The molecule has 0 aliphatic carbocycles. The van der Waals surface area contributed by atoms with Crippen LogP contribution in [-0.2, 0) is 9.84 Å². The molecule has 0 atom stereocenters. The maximum absolute atomic E-state index is 11.4. The van der Waals surface area contributed by atoms with E-state index in [1.54, 1.807) is 30.3 Å². The third-order valence-corrected chi connectivity index (χ3v) is 7.13. The molecule has 0 amide bonds. The standard InChI is InChI=1S/C8H9BrO2S.C8H9BrS/c9-6-7-12(10,11)8-4-2-1-3-5-8;9-6-7-10-8-4-2-1-3-5-8/h1-5H,6-7H2;1-5H,6-7H2. The molecule has 0 aliphatic rings. The van der Waals surface area contributed by atoms with Crippen LogP contribution in [0.3, 0.4) is 0 Å². The molecule has 0 heterocycles. The minimum absolute atomic E-state index is 0.150. The summed E-state index contributed by atoms with van der Waals surface area (Å²) in [5, 5.41) is 1.54. The molecule has 0 saturated carbocycles. The lowest BCUT2D eigenvalue weighted by molar-refractivity contribution is 0.597. The van der Waals surface area contributed by atoms with E-state index in [0.717, 1.165) is 11.1 Å². The van der Waals surface area contributed by atoms with Crippen LogP contribution in [0.5, 0.6) is 0 Å². The molecule has 0 unspecified atom stereocenters. The minimum atomic E-state index is -3.06. The van der Waals surface area contributed by atoms with Crippen LogP contribution in [0.15, 0.2) is 70.5 Å². The van der Waals surface area contributed by atoms with E-state index in [-0.39, 0.29) is 5.75 Å². The second kappa shape index (κ2) is 11.3. The van der Waals surface area contributed by atoms with Crippen molar-refractivity contribution in [2.24, 2.45) is 0 Å². The zero-order valence-corrected chi connectivity index (χ0v) is 16.8. The molecule has 0 saturated heterocycles. The smallest absolute Gasteiger partial charge is 0.179 e. The van der Waals surface area contributed by atoms with Crippen LogP contribution in [0.4, 0.5) is 0 Å². The highest BCUT2D eigenvalue weighted by Gasteiger charge is 2.11. The average Bonchev–Trinajstić information content (AvgIpc) is 2.55. The Morgan fingerprint density at radius 3 is 1.86 bits per heavy atom. The first-order valence-electron chi connectivity index (χ1n) is 6.67. The van der Waals surface area contributed by atoms with Gasteiger partial charge in [-0.25, -0.2) is 8.42 Å². The molecule has 2 aromatic rings. The van der Waals surface area contributed by atoms with E-state index in [1.807, 2.05) is 17.8 Å². The van der Waals surface area contributed by atoms with Gasteiger partial charge in [0.05, 0.1) is 10.6 Å². The van der Waals surface area contributed by atoms with Gasteiger partial charge in [0, 0.05) is 21.3 Å². The van der Waals surface area contributed by atoms with Crippen LogP contribution in [0.1, 0.15) is 0 Å². The van der Waals surface area contributed by atoms with Gasteiger partial charge in [0.2, 0.25) is 0 Å². The van der Waals surface area contributed by atoms with Crippen molar-refractivity contribution in [3.63, 3.8) is 0 Å². The number of hydrogen-bond acceptors (Lipinski definition) is 3. The molecule has 0 fully saturated rings. The van der Waals surface area contributed by atoms with Crippen LogP contribution in [0.2, 0.25) is 0 Å². The molecule has 0 bridgehead atoms. The highest BCUT2D eigenvalue weighted by molar-refractivity contribution is 9.09. The maximum Gasteiger partial charge on any atom is 0.179 e. The third kappa shape index (κ3) is 7.81. The highest BCUT2D eigenvalue weighted by atomic mass is 79.9. The predicted molar refractivity (Wildman–Crippen MR) is 103 cm³/mol. The first-order chi connectivity index (χ1) is 10.6. The molecular weight excluding hydrogens is 448 g/mol. The molecule has 6 heteroatoms. The third-order valence-electron chi connectivity index (χ3n) is 2.54. The van der Waals surface area contributed by atoms with E-state index in [1.165, 1.54) is 4.90 Å². The molecule has 2 aromatic carbocycles. The number of halogens is 2. The van der Waals surface area contributed by atoms with Crippen LogP contribution >= 0.6 is 43.6 Å². The maximum atomic E-state index is 11.4. The summed E-state index contributed by atoms with van der Waals surface area (Å²) in [5.41, 5.74) is 0. The van der Waals surface area contributed by atoms with Crippen molar-refractivity contribution in [1.29, 1.82) is 0 Å². The minimum Gasteiger partial charge on any atom is -0.224 e. The van der Waals surface area contributed by atoms with E-state index in [0.29, 0.717) is 10.2 Å². The number of alkyl halides is 2. The Hall–Kier alpha value is -0.300. The zero-order chi connectivity index (χ0) is 16.3. The van der Waals surface area contributed by atoms with E-state index >= 15 is 0 Å². The Morgan fingerprint density at radius 2 is 1.36 bits per heavy atom. The monoisotopic (exact) mass is 464 g/mol. The fourth-order valence-corrected chi connectivity index (χ4v) is 4.96. The van der Waals surface area contributed by atoms with Gasteiger partial charge >= 0.3 is 0 Å². The summed E-state index contributed by atoms with van der Waals surface area (Å²) in [5.74, 6) is 1.29. The summed E-state index contributed by atoms with van der Waals surface area (Å²) in [6, 6.07) is 18.9. The number of thioether (sulfide) groups is 1. The van der Waals surface area contributed by atoms with Gasteiger partial charge in [0.15, 0.2) is 9.84 Å². The second-order valence-electron chi connectivity index (χ2n) is 4.17. The number of rotatable bonds is 6. The Labute approximate surface area is 153 Å². The normalized spacial score (nSPS) is 10.6. The van der Waals surface area contributed by atoms with E-state index < -0.39 is 9.84 Å². The molecule has 0 aliphatic heterocycles. The van der Waals surface area contributed by atoms with Crippen LogP contribution in [0, 0.1) is 0 Å². The summed E-state index contributed by atoms with van der Waals surface area (Å²) >= 11 is 8.36. The summed E-state index contributed by atoms with van der Waals surface area (Å²) < 4.78 is 22.8. The lowest BCUT2D eigenvalue weighted by Crippen LogP contribution is -2.07. The Balaban J connectivity index is 0.000000224. The molecule has 0 radical (unpaired) electrons. The first kappa shape index (κ1) is 19.7. The van der Waals surface area contributed by atoms with Gasteiger partial charge < -0.3 is 0 Å². The van der Waals surface area contributed by atoms with Crippen LogP contribution in [-0.4, -0.2) is 30.6 Å². The van der Waals surface area contributed by atoms with Gasteiger partial charge in [-0.3, -0.25) is 0 Å². The summed E-state index contributed by atoms with van der Waals surface area (Å²) in [4.78, 5) is 1.74. The fraction of sp³-hybridized carbons (Fsp3) is 0.250. The van der Waals surface area contributed by atoms with Gasteiger partial charge in [-0.05, 0) is 24.3 Å². The molecule has 2 nitrogen and oxygen atoms in total. The van der Waals surface area contributed by atoms with Gasteiger partial charge in [0.25, 0.3) is 0 Å². The van der Waals surface area contributed by atoms with E-state index in [9.17, 15) is 8.42 Å². The fourth-order valence-electron chi connectivity index (χ4n) is 1.52. The first-order valence-corrected chi connectivity index (χ1v) is 11.6. The Kier molecular flexibility index (Phi) is 10.1. The quantitative estimate of drug-likeness (QED) is 0.443. The van der Waals surface area contributed by atoms with Crippen LogP contribution < -0.4 is 0 Å². The Morgan fingerprint density at radius 1 is 0.818 bits per heavy atom.